The maximum Gasteiger partial charge on any atom is 0.319 e. The molecule has 40 heavy (non-hydrogen) atoms. The van der Waals surface area contributed by atoms with Crippen molar-refractivity contribution in [2.75, 3.05) is 55.4 Å². The van der Waals surface area contributed by atoms with E-state index in [1.165, 1.54) is 12.1 Å². The molecule has 0 aliphatic carbocycles. The predicted molar refractivity (Wildman–Crippen MR) is 156 cm³/mol. The lowest BCUT2D eigenvalue weighted by atomic mass is 10.0. The van der Waals surface area contributed by atoms with Crippen LogP contribution in [0.15, 0.2) is 54.9 Å². The number of halogens is 1. The standard InChI is InChI=1S/C30H35FN8O/c1-37(2)23-11-15-38(16-12-23)24-9-10-27(32-18-24)35-28-17-25-26(19-33-28)34-30(36-29(25)39-13-3-4-14-39)40-20-21-5-7-22(31)8-6-21/h5-10,17-19,23H,3-4,11-16,20H2,1-2H3,(H,32,33,35). The summed E-state index contributed by atoms with van der Waals surface area (Å²) in [5.41, 5.74) is 2.70. The summed E-state index contributed by atoms with van der Waals surface area (Å²) in [5.74, 6) is 1.99. The van der Waals surface area contributed by atoms with Crippen molar-refractivity contribution in [2.45, 2.75) is 38.3 Å². The van der Waals surface area contributed by atoms with Crippen molar-refractivity contribution in [3.63, 3.8) is 0 Å². The van der Waals surface area contributed by atoms with Gasteiger partial charge in [0.15, 0.2) is 0 Å². The van der Waals surface area contributed by atoms with Gasteiger partial charge in [0.25, 0.3) is 0 Å². The first kappa shape index (κ1) is 26.2. The lowest BCUT2D eigenvalue weighted by Crippen LogP contribution is -2.42. The van der Waals surface area contributed by atoms with Crippen LogP contribution in [0.1, 0.15) is 31.2 Å². The topological polar surface area (TPSA) is 82.5 Å². The van der Waals surface area contributed by atoms with E-state index in [1.54, 1.807) is 18.3 Å². The van der Waals surface area contributed by atoms with Gasteiger partial charge in [-0.05, 0) is 75.7 Å². The Hall–Kier alpha value is -4.05. The summed E-state index contributed by atoms with van der Waals surface area (Å²) >= 11 is 0. The molecule has 4 aromatic rings. The van der Waals surface area contributed by atoms with Gasteiger partial charge in [-0.15, -0.1) is 0 Å². The average molecular weight is 543 g/mol. The van der Waals surface area contributed by atoms with Crippen LogP contribution in [-0.2, 0) is 6.61 Å². The zero-order chi connectivity index (χ0) is 27.5. The average Bonchev–Trinajstić information content (AvgIpc) is 3.52. The van der Waals surface area contributed by atoms with Crippen LogP contribution in [0.3, 0.4) is 0 Å². The highest BCUT2D eigenvalue weighted by Crippen LogP contribution is 2.31. The highest BCUT2D eigenvalue weighted by Gasteiger charge is 2.22. The van der Waals surface area contributed by atoms with Gasteiger partial charge in [-0.3, -0.25) is 0 Å². The number of anilines is 4. The first-order chi connectivity index (χ1) is 19.5. The van der Waals surface area contributed by atoms with E-state index in [2.05, 4.69) is 55.1 Å². The molecular formula is C30H35FN8O. The molecule has 0 unspecified atom stereocenters. The minimum absolute atomic E-state index is 0.258. The zero-order valence-electron chi connectivity index (χ0n) is 23.1. The van der Waals surface area contributed by atoms with Gasteiger partial charge < -0.3 is 24.8 Å². The summed E-state index contributed by atoms with van der Waals surface area (Å²) < 4.78 is 19.2. The zero-order valence-corrected chi connectivity index (χ0v) is 23.1. The summed E-state index contributed by atoms with van der Waals surface area (Å²) in [6.45, 7) is 4.21. The third-order valence-electron chi connectivity index (χ3n) is 7.79. The van der Waals surface area contributed by atoms with Gasteiger partial charge in [0.2, 0.25) is 0 Å². The fraction of sp³-hybridized carbons (Fsp3) is 0.400. The second-order valence-electron chi connectivity index (χ2n) is 10.7. The molecule has 208 valence electrons. The summed E-state index contributed by atoms with van der Waals surface area (Å²) in [4.78, 5) is 25.7. The molecule has 2 saturated heterocycles. The van der Waals surface area contributed by atoms with Crippen LogP contribution < -0.4 is 19.9 Å². The van der Waals surface area contributed by atoms with E-state index in [9.17, 15) is 4.39 Å². The molecule has 10 heteroatoms. The van der Waals surface area contributed by atoms with E-state index in [1.807, 2.05) is 18.3 Å². The second kappa shape index (κ2) is 11.6. The lowest BCUT2D eigenvalue weighted by Gasteiger charge is -2.36. The van der Waals surface area contributed by atoms with Crippen molar-refractivity contribution in [3.8, 4) is 6.01 Å². The van der Waals surface area contributed by atoms with E-state index in [4.69, 9.17) is 9.72 Å². The van der Waals surface area contributed by atoms with Crippen LogP contribution in [0, 0.1) is 5.82 Å². The molecule has 9 nitrogen and oxygen atoms in total. The Balaban J connectivity index is 1.19. The molecule has 0 spiro atoms. The molecule has 2 fully saturated rings. The van der Waals surface area contributed by atoms with Gasteiger partial charge in [-0.25, -0.2) is 14.4 Å². The Morgan fingerprint density at radius 2 is 1.65 bits per heavy atom. The third-order valence-corrected chi connectivity index (χ3v) is 7.79. The Labute approximate surface area is 234 Å². The van der Waals surface area contributed by atoms with E-state index in [0.29, 0.717) is 17.4 Å². The summed E-state index contributed by atoms with van der Waals surface area (Å²) in [7, 11) is 4.32. The maximum atomic E-state index is 13.3. The SMILES string of the molecule is CN(C)C1CCN(c2ccc(Nc3cc4c(N5CCCC5)nc(OCc5ccc(F)cc5)nc4cn3)nc2)CC1. The minimum atomic E-state index is -0.274. The summed E-state index contributed by atoms with van der Waals surface area (Å²) in [6, 6.07) is 13.3. The molecular weight excluding hydrogens is 507 g/mol. The number of hydrogen-bond acceptors (Lipinski definition) is 9. The van der Waals surface area contributed by atoms with Crippen LogP contribution in [0.5, 0.6) is 6.01 Å². The molecule has 6 rings (SSSR count). The smallest absolute Gasteiger partial charge is 0.319 e. The third kappa shape index (κ3) is 5.91. The van der Waals surface area contributed by atoms with Gasteiger partial charge in [0.05, 0.1) is 23.6 Å². The number of hydrogen-bond donors (Lipinski definition) is 1. The number of benzene rings is 1. The van der Waals surface area contributed by atoms with Gasteiger partial charge in [-0.1, -0.05) is 12.1 Å². The predicted octanol–water partition coefficient (Wildman–Crippen LogP) is 5.01. The summed E-state index contributed by atoms with van der Waals surface area (Å²) in [5, 5.41) is 4.26. The number of piperidine rings is 1. The van der Waals surface area contributed by atoms with Crippen LogP contribution in [0.4, 0.5) is 27.5 Å². The van der Waals surface area contributed by atoms with Crippen molar-refractivity contribution < 1.29 is 9.13 Å². The molecule has 2 aliphatic rings. The van der Waals surface area contributed by atoms with Crippen molar-refractivity contribution in [3.05, 3.63) is 66.2 Å². The quantitative estimate of drug-likeness (QED) is 0.330. The summed E-state index contributed by atoms with van der Waals surface area (Å²) in [6.07, 6.45) is 8.24. The molecule has 3 aromatic heterocycles. The van der Waals surface area contributed by atoms with Crippen LogP contribution >= 0.6 is 0 Å². The molecule has 5 heterocycles. The maximum absolute atomic E-state index is 13.3. The van der Waals surface area contributed by atoms with Gasteiger partial charge >= 0.3 is 6.01 Å². The number of fused-ring (bicyclic) bond motifs is 1. The van der Waals surface area contributed by atoms with Gasteiger partial charge in [0, 0.05) is 37.6 Å². The number of nitrogens with zero attached hydrogens (tertiary/aromatic N) is 7. The molecule has 0 amide bonds. The van der Waals surface area contributed by atoms with Crippen molar-refractivity contribution in [2.24, 2.45) is 0 Å². The highest BCUT2D eigenvalue weighted by atomic mass is 19.1. The molecule has 0 bridgehead atoms. The first-order valence-corrected chi connectivity index (χ1v) is 14.0. The lowest BCUT2D eigenvalue weighted by molar-refractivity contribution is 0.249. The van der Waals surface area contributed by atoms with E-state index in [0.717, 1.165) is 80.1 Å². The van der Waals surface area contributed by atoms with Gasteiger partial charge in [-0.2, -0.15) is 9.97 Å². The van der Waals surface area contributed by atoms with Crippen LogP contribution in [-0.4, -0.2) is 71.2 Å². The second-order valence-corrected chi connectivity index (χ2v) is 10.7. The number of aromatic nitrogens is 4. The molecule has 2 aliphatic heterocycles. The molecule has 0 radical (unpaired) electrons. The van der Waals surface area contributed by atoms with Crippen molar-refractivity contribution in [1.82, 2.24) is 24.8 Å². The molecule has 0 saturated carbocycles. The van der Waals surface area contributed by atoms with Crippen LogP contribution in [0.25, 0.3) is 10.9 Å². The normalized spacial score (nSPS) is 16.2. The Morgan fingerprint density at radius 3 is 2.35 bits per heavy atom. The fourth-order valence-electron chi connectivity index (χ4n) is 5.45. The number of ether oxygens (including phenoxy) is 1. The Bertz CT molecular complexity index is 1430. The number of rotatable bonds is 8. The number of pyridine rings is 2. The molecule has 0 atom stereocenters. The van der Waals surface area contributed by atoms with Crippen molar-refractivity contribution >= 4 is 34.0 Å². The van der Waals surface area contributed by atoms with Crippen molar-refractivity contribution in [1.29, 1.82) is 0 Å². The van der Waals surface area contributed by atoms with Crippen LogP contribution in [0.2, 0.25) is 0 Å². The minimum Gasteiger partial charge on any atom is -0.459 e. The highest BCUT2D eigenvalue weighted by molar-refractivity contribution is 5.91. The Kier molecular flexibility index (Phi) is 7.59. The first-order valence-electron chi connectivity index (χ1n) is 14.0. The van der Waals surface area contributed by atoms with E-state index < -0.39 is 0 Å². The van der Waals surface area contributed by atoms with E-state index in [-0.39, 0.29) is 18.4 Å². The fourth-order valence-corrected chi connectivity index (χ4v) is 5.45. The largest absolute Gasteiger partial charge is 0.459 e. The molecule has 1 N–H and O–H groups in total. The monoisotopic (exact) mass is 542 g/mol. The van der Waals surface area contributed by atoms with Gasteiger partial charge in [0.1, 0.15) is 29.9 Å². The Morgan fingerprint density at radius 1 is 0.900 bits per heavy atom. The molecule has 1 aromatic carbocycles. The van der Waals surface area contributed by atoms with E-state index >= 15 is 0 Å². The number of nitrogens with one attached hydrogen (secondary N) is 1.